The highest BCUT2D eigenvalue weighted by molar-refractivity contribution is 5.97. The van der Waals surface area contributed by atoms with E-state index in [1.807, 2.05) is 0 Å². The Morgan fingerprint density at radius 3 is 2.36 bits per heavy atom. The van der Waals surface area contributed by atoms with Gasteiger partial charge in [-0.25, -0.2) is 0 Å². The molecule has 0 radical (unpaired) electrons. The lowest BCUT2D eigenvalue weighted by atomic mass is 10.1. The molecule has 1 amide bonds. The minimum atomic E-state index is -1.46. The molecule has 1 unspecified atom stereocenters. The molecule has 0 fully saturated rings. The molecule has 14 heavy (non-hydrogen) atoms. The van der Waals surface area contributed by atoms with E-state index >= 15 is 0 Å². The molecular weight excluding hydrogens is 182 g/mol. The number of ketones is 1. The number of hydrogen-bond acceptors (Lipinski definition) is 3. The van der Waals surface area contributed by atoms with Crippen LogP contribution in [0.4, 0.5) is 0 Å². The molecule has 80 valence electrons. The first-order chi connectivity index (χ1) is 6.32. The summed E-state index contributed by atoms with van der Waals surface area (Å²) in [5.41, 5.74) is -1.46. The minimum absolute atomic E-state index is 0.245. The zero-order valence-corrected chi connectivity index (χ0v) is 8.83. The molecule has 0 rings (SSSR count). The van der Waals surface area contributed by atoms with Crippen LogP contribution in [-0.4, -0.2) is 28.4 Å². The minimum Gasteiger partial charge on any atom is -0.381 e. The highest BCUT2D eigenvalue weighted by Gasteiger charge is 2.27. The third kappa shape index (κ3) is 3.70. The quantitative estimate of drug-likeness (QED) is 0.630. The van der Waals surface area contributed by atoms with Crippen LogP contribution in [0.2, 0.25) is 0 Å². The molecule has 0 aromatic carbocycles. The molecule has 0 aromatic heterocycles. The van der Waals surface area contributed by atoms with Crippen molar-refractivity contribution in [3.05, 3.63) is 12.7 Å². The van der Waals surface area contributed by atoms with E-state index in [1.165, 1.54) is 19.9 Å². The summed E-state index contributed by atoms with van der Waals surface area (Å²) >= 11 is 0. The normalized spacial score (nSPS) is 13.1. The van der Waals surface area contributed by atoms with E-state index in [1.54, 1.807) is 6.92 Å². The van der Waals surface area contributed by atoms with E-state index in [0.717, 1.165) is 0 Å². The molecule has 0 saturated heterocycles. The molecule has 0 aliphatic heterocycles. The molecule has 0 aromatic rings. The molecule has 4 nitrogen and oxygen atoms in total. The molecule has 4 heteroatoms. The highest BCUT2D eigenvalue weighted by atomic mass is 16.3. The molecule has 0 saturated carbocycles. The SMILES string of the molecule is C=CC(=O)C(CC)NC(=O)C(C)(C)O. The van der Waals surface area contributed by atoms with Gasteiger partial charge >= 0.3 is 0 Å². The predicted molar refractivity (Wildman–Crippen MR) is 53.7 cm³/mol. The topological polar surface area (TPSA) is 66.4 Å². The summed E-state index contributed by atoms with van der Waals surface area (Å²) in [4.78, 5) is 22.5. The summed E-state index contributed by atoms with van der Waals surface area (Å²) in [6.45, 7) is 7.85. The van der Waals surface area contributed by atoms with Crippen molar-refractivity contribution in [2.24, 2.45) is 0 Å². The van der Waals surface area contributed by atoms with Crippen LogP contribution < -0.4 is 5.32 Å². The lowest BCUT2D eigenvalue weighted by Gasteiger charge is -2.20. The van der Waals surface area contributed by atoms with Crippen molar-refractivity contribution in [3.63, 3.8) is 0 Å². The predicted octanol–water partition coefficient (Wildman–Crippen LogP) is 0.407. The molecule has 1 atom stereocenters. The molecule has 0 spiro atoms. The van der Waals surface area contributed by atoms with Gasteiger partial charge in [0.15, 0.2) is 5.78 Å². The van der Waals surface area contributed by atoms with E-state index in [4.69, 9.17) is 0 Å². The Bertz CT molecular complexity index is 240. The number of carbonyl (C=O) groups excluding carboxylic acids is 2. The second-order valence-electron chi connectivity index (χ2n) is 3.60. The zero-order chi connectivity index (χ0) is 11.4. The zero-order valence-electron chi connectivity index (χ0n) is 8.83. The fourth-order valence-corrected chi connectivity index (χ4v) is 0.851. The van der Waals surface area contributed by atoms with Gasteiger partial charge in [-0.2, -0.15) is 0 Å². The van der Waals surface area contributed by atoms with Crippen LogP contribution in [0.1, 0.15) is 27.2 Å². The Balaban J connectivity index is 4.41. The lowest BCUT2D eigenvalue weighted by molar-refractivity contribution is -0.138. The van der Waals surface area contributed by atoms with Crippen molar-refractivity contribution < 1.29 is 14.7 Å². The van der Waals surface area contributed by atoms with Crippen molar-refractivity contribution >= 4 is 11.7 Å². The van der Waals surface area contributed by atoms with E-state index in [-0.39, 0.29) is 5.78 Å². The first-order valence-electron chi connectivity index (χ1n) is 4.52. The van der Waals surface area contributed by atoms with Crippen molar-refractivity contribution in [1.82, 2.24) is 5.32 Å². The maximum Gasteiger partial charge on any atom is 0.251 e. The Morgan fingerprint density at radius 2 is 2.07 bits per heavy atom. The van der Waals surface area contributed by atoms with Gasteiger partial charge in [0.05, 0.1) is 6.04 Å². The average Bonchev–Trinajstić information content (AvgIpc) is 2.10. The van der Waals surface area contributed by atoms with Gasteiger partial charge in [-0.15, -0.1) is 0 Å². The van der Waals surface area contributed by atoms with Crippen LogP contribution >= 0.6 is 0 Å². The molecule has 2 N–H and O–H groups in total. The molecule has 0 bridgehead atoms. The monoisotopic (exact) mass is 199 g/mol. The van der Waals surface area contributed by atoms with E-state index in [2.05, 4.69) is 11.9 Å². The highest BCUT2D eigenvalue weighted by Crippen LogP contribution is 2.03. The number of nitrogens with one attached hydrogen (secondary N) is 1. The summed E-state index contributed by atoms with van der Waals surface area (Å²) in [6, 6.07) is -0.591. The summed E-state index contributed by atoms with van der Waals surface area (Å²) in [5.74, 6) is -0.801. The number of aliphatic hydroxyl groups is 1. The summed E-state index contributed by atoms with van der Waals surface area (Å²) < 4.78 is 0. The average molecular weight is 199 g/mol. The number of carbonyl (C=O) groups is 2. The van der Waals surface area contributed by atoms with Crippen molar-refractivity contribution in [2.45, 2.75) is 38.8 Å². The van der Waals surface area contributed by atoms with Gasteiger partial charge < -0.3 is 10.4 Å². The van der Waals surface area contributed by atoms with Crippen LogP contribution in [0.15, 0.2) is 12.7 Å². The van der Waals surface area contributed by atoms with Gasteiger partial charge in [0, 0.05) is 0 Å². The number of hydrogen-bond donors (Lipinski definition) is 2. The van der Waals surface area contributed by atoms with Crippen LogP contribution in [0.3, 0.4) is 0 Å². The second-order valence-corrected chi connectivity index (χ2v) is 3.60. The maximum atomic E-state index is 11.3. The Labute approximate surface area is 84.0 Å². The molecule has 0 aliphatic carbocycles. The van der Waals surface area contributed by atoms with Crippen molar-refractivity contribution in [2.75, 3.05) is 0 Å². The fraction of sp³-hybridized carbons (Fsp3) is 0.600. The van der Waals surface area contributed by atoms with Crippen LogP contribution in [0.5, 0.6) is 0 Å². The van der Waals surface area contributed by atoms with Crippen LogP contribution in [0, 0.1) is 0 Å². The van der Waals surface area contributed by atoms with Gasteiger partial charge in [0.2, 0.25) is 0 Å². The van der Waals surface area contributed by atoms with Crippen molar-refractivity contribution in [3.8, 4) is 0 Å². The first kappa shape index (κ1) is 12.8. The Kier molecular flexibility index (Phi) is 4.50. The van der Waals surface area contributed by atoms with E-state index in [0.29, 0.717) is 6.42 Å². The third-order valence-electron chi connectivity index (χ3n) is 1.81. The van der Waals surface area contributed by atoms with Crippen LogP contribution in [0.25, 0.3) is 0 Å². The molecule has 0 heterocycles. The first-order valence-corrected chi connectivity index (χ1v) is 4.52. The van der Waals surface area contributed by atoms with E-state index in [9.17, 15) is 14.7 Å². The lowest BCUT2D eigenvalue weighted by Crippen LogP contribution is -2.49. The third-order valence-corrected chi connectivity index (χ3v) is 1.81. The number of amides is 1. The smallest absolute Gasteiger partial charge is 0.251 e. The molecular formula is C10H17NO3. The largest absolute Gasteiger partial charge is 0.381 e. The number of rotatable bonds is 5. The Morgan fingerprint density at radius 1 is 1.57 bits per heavy atom. The van der Waals surface area contributed by atoms with Gasteiger partial charge in [-0.1, -0.05) is 13.5 Å². The second kappa shape index (κ2) is 4.91. The summed E-state index contributed by atoms with van der Waals surface area (Å²) in [5, 5.41) is 11.8. The van der Waals surface area contributed by atoms with Gasteiger partial charge in [0.25, 0.3) is 5.91 Å². The Hall–Kier alpha value is -1.16. The van der Waals surface area contributed by atoms with Crippen molar-refractivity contribution in [1.29, 1.82) is 0 Å². The van der Waals surface area contributed by atoms with E-state index < -0.39 is 17.6 Å². The van der Waals surface area contributed by atoms with Crippen LogP contribution in [-0.2, 0) is 9.59 Å². The summed E-state index contributed by atoms with van der Waals surface area (Å²) in [6.07, 6.45) is 1.64. The van der Waals surface area contributed by atoms with Gasteiger partial charge in [-0.05, 0) is 26.3 Å². The summed E-state index contributed by atoms with van der Waals surface area (Å²) in [7, 11) is 0. The fourth-order valence-electron chi connectivity index (χ4n) is 0.851. The van der Waals surface area contributed by atoms with Gasteiger partial charge in [-0.3, -0.25) is 9.59 Å². The van der Waals surface area contributed by atoms with Gasteiger partial charge in [0.1, 0.15) is 5.60 Å². The standard InChI is InChI=1S/C10H17NO3/c1-5-7(8(12)6-2)11-9(13)10(3,4)14/h6-7,14H,2,5H2,1,3-4H3,(H,11,13). The molecule has 0 aliphatic rings. The maximum absolute atomic E-state index is 11.3.